The van der Waals surface area contributed by atoms with Crippen LogP contribution in [0, 0.1) is 0 Å². The van der Waals surface area contributed by atoms with Crippen LogP contribution in [0.3, 0.4) is 0 Å². The summed E-state index contributed by atoms with van der Waals surface area (Å²) in [4.78, 5) is 42.2. The number of aromatic nitrogens is 2. The van der Waals surface area contributed by atoms with Crippen molar-refractivity contribution >= 4 is 23.3 Å². The topological polar surface area (TPSA) is 76.8 Å². The zero-order chi connectivity index (χ0) is 23.6. The van der Waals surface area contributed by atoms with E-state index in [4.69, 9.17) is 16.3 Å². The van der Waals surface area contributed by atoms with E-state index in [1.165, 1.54) is 10.6 Å². The minimum atomic E-state index is -0.299. The van der Waals surface area contributed by atoms with Crippen LogP contribution in [0.2, 0.25) is 5.02 Å². The lowest BCUT2D eigenvalue weighted by Gasteiger charge is -2.37. The first-order valence-electron chi connectivity index (χ1n) is 10.9. The molecule has 1 aromatic heterocycles. The van der Waals surface area contributed by atoms with E-state index in [9.17, 15) is 14.4 Å². The van der Waals surface area contributed by atoms with Crippen molar-refractivity contribution in [3.8, 4) is 5.75 Å². The molecule has 1 saturated heterocycles. The molecule has 1 amide bonds. The zero-order valence-electron chi connectivity index (χ0n) is 19.3. The summed E-state index contributed by atoms with van der Waals surface area (Å²) in [6, 6.07) is 6.58. The fourth-order valence-electron chi connectivity index (χ4n) is 4.05. The monoisotopic (exact) mass is 462 g/mol. The van der Waals surface area contributed by atoms with E-state index in [1.54, 1.807) is 23.8 Å². The van der Waals surface area contributed by atoms with Crippen LogP contribution in [0.25, 0.3) is 0 Å². The lowest BCUT2D eigenvalue weighted by Crippen LogP contribution is -2.52. The van der Waals surface area contributed by atoms with Gasteiger partial charge in [0.05, 0.1) is 18.6 Å². The summed E-state index contributed by atoms with van der Waals surface area (Å²) in [5.74, 6) is 1.20. The number of carbonyl (C=O) groups excluding carboxylic acids is 1. The Balaban J connectivity index is 1.74. The fraction of sp³-hybridized carbons (Fsp3) is 0.522. The van der Waals surface area contributed by atoms with Crippen molar-refractivity contribution in [1.82, 2.24) is 14.0 Å². The molecule has 0 bridgehead atoms. The molecule has 1 aliphatic rings. The number of nitrogens with zero attached hydrogens (tertiary/aromatic N) is 4. The molecule has 0 N–H and O–H groups in total. The Labute approximate surface area is 193 Å². The smallest absolute Gasteiger partial charge is 0.333 e. The SMILES string of the molecule is COc1ccc(CC(=O)N2CCN(c3cc(=O)n(C(C)C)c(=O)n3C(C)C)CC2)cc1Cl. The Morgan fingerprint density at radius 3 is 2.16 bits per heavy atom. The normalized spacial score (nSPS) is 14.4. The Kier molecular flexibility index (Phi) is 7.33. The Morgan fingerprint density at radius 2 is 1.62 bits per heavy atom. The van der Waals surface area contributed by atoms with Gasteiger partial charge in [-0.2, -0.15) is 0 Å². The van der Waals surface area contributed by atoms with Gasteiger partial charge in [0, 0.05) is 44.3 Å². The lowest BCUT2D eigenvalue weighted by atomic mass is 10.1. The summed E-state index contributed by atoms with van der Waals surface area (Å²) in [6.07, 6.45) is 0.255. The molecular formula is C23H31ClN4O4. The van der Waals surface area contributed by atoms with E-state index in [2.05, 4.69) is 0 Å². The summed E-state index contributed by atoms with van der Waals surface area (Å²) in [5, 5.41) is 0.477. The van der Waals surface area contributed by atoms with Crippen LogP contribution in [0.4, 0.5) is 5.82 Å². The maximum atomic E-state index is 13.0. The van der Waals surface area contributed by atoms with Gasteiger partial charge < -0.3 is 14.5 Å². The Hall–Kier alpha value is -2.74. The molecule has 0 atom stereocenters. The number of amides is 1. The number of methoxy groups -OCH3 is 1. The number of ether oxygens (including phenoxy) is 1. The minimum absolute atomic E-state index is 0.0161. The molecule has 2 aromatic rings. The number of rotatable bonds is 6. The van der Waals surface area contributed by atoms with Crippen molar-refractivity contribution in [1.29, 1.82) is 0 Å². The maximum Gasteiger partial charge on any atom is 0.333 e. The van der Waals surface area contributed by atoms with Gasteiger partial charge >= 0.3 is 5.69 Å². The molecule has 0 unspecified atom stereocenters. The molecule has 3 rings (SSSR count). The average molecular weight is 463 g/mol. The van der Waals surface area contributed by atoms with Crippen LogP contribution in [-0.2, 0) is 11.2 Å². The highest BCUT2D eigenvalue weighted by Crippen LogP contribution is 2.25. The van der Waals surface area contributed by atoms with Crippen LogP contribution in [0.5, 0.6) is 5.75 Å². The molecule has 1 aromatic carbocycles. The second-order valence-electron chi connectivity index (χ2n) is 8.56. The predicted octanol–water partition coefficient (Wildman–Crippen LogP) is 2.73. The molecule has 1 fully saturated rings. The van der Waals surface area contributed by atoms with Gasteiger partial charge in [0.1, 0.15) is 11.6 Å². The average Bonchev–Trinajstić information content (AvgIpc) is 2.73. The number of hydrogen-bond acceptors (Lipinski definition) is 5. The highest BCUT2D eigenvalue weighted by atomic mass is 35.5. The van der Waals surface area contributed by atoms with Crippen molar-refractivity contribution in [2.24, 2.45) is 0 Å². The Morgan fingerprint density at radius 1 is 1.00 bits per heavy atom. The number of benzene rings is 1. The number of piperazine rings is 1. The van der Waals surface area contributed by atoms with Crippen molar-refractivity contribution in [3.63, 3.8) is 0 Å². The van der Waals surface area contributed by atoms with Crippen molar-refractivity contribution in [3.05, 3.63) is 55.7 Å². The second-order valence-corrected chi connectivity index (χ2v) is 8.97. The summed E-state index contributed by atoms with van der Waals surface area (Å²) in [7, 11) is 1.55. The van der Waals surface area contributed by atoms with E-state index in [1.807, 2.05) is 43.6 Å². The third-order valence-electron chi connectivity index (χ3n) is 5.71. The standard InChI is InChI=1S/C23H31ClN4O4/c1-15(2)27-20(14-22(30)28(16(3)4)23(27)31)25-8-10-26(11-9-25)21(29)13-17-6-7-19(32-5)18(24)12-17/h6-7,12,14-16H,8-11,13H2,1-5H3. The van der Waals surface area contributed by atoms with E-state index >= 15 is 0 Å². The van der Waals surface area contributed by atoms with Crippen LogP contribution in [0.1, 0.15) is 45.3 Å². The molecular weight excluding hydrogens is 432 g/mol. The Bertz CT molecular complexity index is 1100. The first-order valence-corrected chi connectivity index (χ1v) is 11.2. The van der Waals surface area contributed by atoms with Crippen molar-refractivity contribution in [2.45, 2.75) is 46.2 Å². The van der Waals surface area contributed by atoms with Crippen LogP contribution < -0.4 is 20.9 Å². The van der Waals surface area contributed by atoms with Gasteiger partial charge in [-0.25, -0.2) is 4.79 Å². The summed E-state index contributed by atoms with van der Waals surface area (Å²) >= 11 is 6.17. The third-order valence-corrected chi connectivity index (χ3v) is 6.01. The van der Waals surface area contributed by atoms with Gasteiger partial charge in [0.2, 0.25) is 5.91 Å². The van der Waals surface area contributed by atoms with Crippen LogP contribution in [0.15, 0.2) is 33.9 Å². The van der Waals surface area contributed by atoms with E-state index in [0.717, 1.165) is 5.56 Å². The van der Waals surface area contributed by atoms with Gasteiger partial charge in [-0.15, -0.1) is 0 Å². The number of anilines is 1. The highest BCUT2D eigenvalue weighted by Gasteiger charge is 2.25. The summed E-state index contributed by atoms with van der Waals surface area (Å²) < 4.78 is 8.10. The molecule has 174 valence electrons. The van der Waals surface area contributed by atoms with Gasteiger partial charge in [-0.3, -0.25) is 18.7 Å². The fourth-order valence-corrected chi connectivity index (χ4v) is 4.33. The first kappa shape index (κ1) is 23.9. The van der Waals surface area contributed by atoms with Gasteiger partial charge in [-0.1, -0.05) is 17.7 Å². The molecule has 1 aliphatic heterocycles. The van der Waals surface area contributed by atoms with Crippen LogP contribution in [-0.4, -0.2) is 53.2 Å². The molecule has 2 heterocycles. The van der Waals surface area contributed by atoms with Crippen molar-refractivity contribution in [2.75, 3.05) is 38.2 Å². The molecule has 32 heavy (non-hydrogen) atoms. The summed E-state index contributed by atoms with van der Waals surface area (Å²) in [6.45, 7) is 9.64. The van der Waals surface area contributed by atoms with Gasteiger partial charge in [0.25, 0.3) is 5.56 Å². The summed E-state index contributed by atoms with van der Waals surface area (Å²) in [5.41, 5.74) is 0.230. The third kappa shape index (κ3) is 4.85. The first-order chi connectivity index (χ1) is 15.1. The minimum Gasteiger partial charge on any atom is -0.495 e. The molecule has 0 saturated carbocycles. The second kappa shape index (κ2) is 9.81. The largest absolute Gasteiger partial charge is 0.495 e. The number of hydrogen-bond donors (Lipinski definition) is 0. The van der Waals surface area contributed by atoms with E-state index in [-0.39, 0.29) is 35.7 Å². The molecule has 9 heteroatoms. The van der Waals surface area contributed by atoms with E-state index in [0.29, 0.717) is 42.8 Å². The molecule has 8 nitrogen and oxygen atoms in total. The molecule has 0 aliphatic carbocycles. The quantitative estimate of drug-likeness (QED) is 0.659. The van der Waals surface area contributed by atoms with Gasteiger partial charge in [-0.05, 0) is 45.4 Å². The maximum absolute atomic E-state index is 13.0. The van der Waals surface area contributed by atoms with Crippen molar-refractivity contribution < 1.29 is 9.53 Å². The predicted molar refractivity (Wildman–Crippen MR) is 126 cm³/mol. The lowest BCUT2D eigenvalue weighted by molar-refractivity contribution is -0.130. The van der Waals surface area contributed by atoms with E-state index < -0.39 is 0 Å². The number of carbonyl (C=O) groups is 1. The molecule has 0 spiro atoms. The van der Waals surface area contributed by atoms with Gasteiger partial charge in [0.15, 0.2) is 0 Å². The number of halogens is 1. The highest BCUT2D eigenvalue weighted by molar-refractivity contribution is 6.32. The van der Waals surface area contributed by atoms with Crippen LogP contribution >= 0.6 is 11.6 Å². The zero-order valence-corrected chi connectivity index (χ0v) is 20.1. The molecule has 0 radical (unpaired) electrons.